The highest BCUT2D eigenvalue weighted by atomic mass is 35.5. The van der Waals surface area contributed by atoms with Gasteiger partial charge < -0.3 is 5.32 Å². The molecule has 1 aromatic carbocycles. The molecule has 0 aromatic heterocycles. The summed E-state index contributed by atoms with van der Waals surface area (Å²) in [5.74, 6) is 1.36. The van der Waals surface area contributed by atoms with E-state index < -0.39 is 0 Å². The van der Waals surface area contributed by atoms with Crippen LogP contribution < -0.4 is 5.32 Å². The van der Waals surface area contributed by atoms with Crippen LogP contribution in [0, 0.1) is 0 Å². The molecule has 1 aliphatic rings. The summed E-state index contributed by atoms with van der Waals surface area (Å²) in [5.41, 5.74) is 3.12. The highest BCUT2D eigenvalue weighted by molar-refractivity contribution is 6.18. The maximum absolute atomic E-state index is 5.99. The quantitative estimate of drug-likeness (QED) is 0.775. The third-order valence-corrected chi connectivity index (χ3v) is 4.40. The van der Waals surface area contributed by atoms with Gasteiger partial charge in [-0.2, -0.15) is 0 Å². The van der Waals surface area contributed by atoms with Crippen LogP contribution in [0.15, 0.2) is 24.3 Å². The van der Waals surface area contributed by atoms with Crippen molar-refractivity contribution in [2.45, 2.75) is 38.1 Å². The predicted molar refractivity (Wildman–Crippen MR) is 70.3 cm³/mol. The summed E-state index contributed by atoms with van der Waals surface area (Å²) >= 11 is 5.99. The Hall–Kier alpha value is -0.530. The molecule has 1 N–H and O–H groups in total. The first-order valence-corrected chi connectivity index (χ1v) is 6.61. The molecule has 2 atom stereocenters. The van der Waals surface area contributed by atoms with Crippen molar-refractivity contribution in [3.63, 3.8) is 0 Å². The van der Waals surface area contributed by atoms with E-state index in [1.165, 1.54) is 17.5 Å². The monoisotopic (exact) mass is 237 g/mol. The van der Waals surface area contributed by atoms with Crippen molar-refractivity contribution in [3.05, 3.63) is 35.4 Å². The molecule has 0 radical (unpaired) electrons. The summed E-state index contributed by atoms with van der Waals surface area (Å²) in [6, 6.07) is 8.73. The van der Waals surface area contributed by atoms with Crippen molar-refractivity contribution in [2.24, 2.45) is 0 Å². The van der Waals surface area contributed by atoms with Gasteiger partial charge in [-0.05, 0) is 30.9 Å². The molecule has 0 amide bonds. The molecule has 16 heavy (non-hydrogen) atoms. The van der Waals surface area contributed by atoms with Crippen LogP contribution in [0.1, 0.15) is 37.3 Å². The van der Waals surface area contributed by atoms with Crippen LogP contribution in [-0.2, 0) is 6.42 Å². The van der Waals surface area contributed by atoms with E-state index in [2.05, 4.69) is 43.4 Å². The largest absolute Gasteiger partial charge is 0.310 e. The zero-order valence-corrected chi connectivity index (χ0v) is 10.8. The average Bonchev–Trinajstić information content (AvgIpc) is 2.30. The fourth-order valence-corrected chi connectivity index (χ4v) is 2.46. The number of alkyl halides is 1. The second-order valence-corrected chi connectivity index (χ2v) is 5.30. The van der Waals surface area contributed by atoms with E-state index in [9.17, 15) is 0 Å². The van der Waals surface area contributed by atoms with E-state index >= 15 is 0 Å². The lowest BCUT2D eigenvalue weighted by molar-refractivity contribution is 0.359. The Labute approximate surface area is 103 Å². The minimum atomic E-state index is 0.0894. The van der Waals surface area contributed by atoms with Crippen molar-refractivity contribution in [1.82, 2.24) is 5.32 Å². The third kappa shape index (κ3) is 2.26. The molecule has 88 valence electrons. The third-order valence-electron chi connectivity index (χ3n) is 3.81. The Morgan fingerprint density at radius 3 is 2.81 bits per heavy atom. The Morgan fingerprint density at radius 2 is 2.19 bits per heavy atom. The fourth-order valence-electron chi connectivity index (χ4n) is 2.18. The Bertz CT molecular complexity index is 358. The normalized spacial score (nSPS) is 22.1. The molecule has 2 heteroatoms. The van der Waals surface area contributed by atoms with Crippen LogP contribution in [-0.4, -0.2) is 18.0 Å². The molecule has 0 saturated heterocycles. The van der Waals surface area contributed by atoms with Gasteiger partial charge in [-0.15, -0.1) is 11.6 Å². The standard InChI is InChI=1S/C14H20ClN/c1-3-14(2,10-15)16-9-12-8-11-6-4-5-7-13(11)12/h4-7,12,16H,3,8-10H2,1-2H3. The molecular formula is C14H20ClN. The lowest BCUT2D eigenvalue weighted by Gasteiger charge is -2.35. The Kier molecular flexibility index (Phi) is 3.56. The minimum absolute atomic E-state index is 0.0894. The van der Waals surface area contributed by atoms with Crippen LogP contribution in [0.3, 0.4) is 0 Å². The van der Waals surface area contributed by atoms with Gasteiger partial charge in [0.2, 0.25) is 0 Å². The first-order chi connectivity index (χ1) is 7.68. The van der Waals surface area contributed by atoms with Crippen molar-refractivity contribution in [2.75, 3.05) is 12.4 Å². The molecule has 0 fully saturated rings. The Balaban J connectivity index is 1.90. The van der Waals surface area contributed by atoms with Crippen molar-refractivity contribution in [1.29, 1.82) is 0 Å². The smallest absolute Gasteiger partial charge is 0.0403 e. The minimum Gasteiger partial charge on any atom is -0.310 e. The topological polar surface area (TPSA) is 12.0 Å². The zero-order chi connectivity index (χ0) is 11.6. The highest BCUT2D eigenvalue weighted by Crippen LogP contribution is 2.34. The summed E-state index contributed by atoms with van der Waals surface area (Å²) < 4.78 is 0. The first-order valence-electron chi connectivity index (χ1n) is 6.07. The Morgan fingerprint density at radius 1 is 1.44 bits per heavy atom. The van der Waals surface area contributed by atoms with E-state index in [1.807, 2.05) is 0 Å². The second-order valence-electron chi connectivity index (χ2n) is 5.03. The van der Waals surface area contributed by atoms with Crippen molar-refractivity contribution >= 4 is 11.6 Å². The lowest BCUT2D eigenvalue weighted by Crippen LogP contribution is -2.46. The van der Waals surface area contributed by atoms with Gasteiger partial charge in [-0.25, -0.2) is 0 Å². The molecule has 0 saturated carbocycles. The molecule has 1 aromatic rings. The van der Waals surface area contributed by atoms with E-state index in [0.717, 1.165) is 13.0 Å². The maximum atomic E-state index is 5.99. The number of benzene rings is 1. The molecule has 0 bridgehead atoms. The van der Waals surface area contributed by atoms with E-state index in [1.54, 1.807) is 0 Å². The van der Waals surface area contributed by atoms with Crippen molar-refractivity contribution < 1.29 is 0 Å². The van der Waals surface area contributed by atoms with E-state index in [4.69, 9.17) is 11.6 Å². The lowest BCUT2D eigenvalue weighted by atomic mass is 9.77. The summed E-state index contributed by atoms with van der Waals surface area (Å²) in [6.45, 7) is 5.43. The van der Waals surface area contributed by atoms with Gasteiger partial charge >= 0.3 is 0 Å². The van der Waals surface area contributed by atoms with Gasteiger partial charge in [0.05, 0.1) is 0 Å². The number of fused-ring (bicyclic) bond motifs is 1. The van der Waals surface area contributed by atoms with E-state index in [0.29, 0.717) is 11.8 Å². The summed E-state index contributed by atoms with van der Waals surface area (Å²) in [4.78, 5) is 0. The first kappa shape index (κ1) is 11.9. The number of nitrogens with one attached hydrogen (secondary N) is 1. The van der Waals surface area contributed by atoms with Crippen LogP contribution >= 0.6 is 11.6 Å². The molecule has 0 spiro atoms. The van der Waals surface area contributed by atoms with Gasteiger partial charge in [0.1, 0.15) is 0 Å². The fraction of sp³-hybridized carbons (Fsp3) is 0.571. The van der Waals surface area contributed by atoms with Crippen LogP contribution in [0.2, 0.25) is 0 Å². The molecule has 1 nitrogen and oxygen atoms in total. The van der Waals surface area contributed by atoms with Crippen LogP contribution in [0.5, 0.6) is 0 Å². The van der Waals surface area contributed by atoms with Gasteiger partial charge in [0, 0.05) is 23.9 Å². The number of rotatable bonds is 5. The molecule has 1 aliphatic carbocycles. The van der Waals surface area contributed by atoms with Gasteiger partial charge in [-0.1, -0.05) is 31.2 Å². The molecule has 0 aliphatic heterocycles. The number of halogens is 1. The molecule has 2 unspecified atom stereocenters. The van der Waals surface area contributed by atoms with Crippen LogP contribution in [0.25, 0.3) is 0 Å². The second kappa shape index (κ2) is 4.77. The predicted octanol–water partition coefficient (Wildman–Crippen LogP) is 3.32. The summed E-state index contributed by atoms with van der Waals surface area (Å²) in [7, 11) is 0. The SMILES string of the molecule is CCC(C)(CCl)NCC1Cc2ccccc21. The zero-order valence-electron chi connectivity index (χ0n) is 10.1. The molecule has 0 heterocycles. The van der Waals surface area contributed by atoms with Gasteiger partial charge in [0.25, 0.3) is 0 Å². The summed E-state index contributed by atoms with van der Waals surface area (Å²) in [5, 5.41) is 3.61. The van der Waals surface area contributed by atoms with E-state index in [-0.39, 0.29) is 5.54 Å². The van der Waals surface area contributed by atoms with Crippen LogP contribution in [0.4, 0.5) is 0 Å². The van der Waals surface area contributed by atoms with Crippen molar-refractivity contribution in [3.8, 4) is 0 Å². The highest BCUT2D eigenvalue weighted by Gasteiger charge is 2.28. The number of hydrogen-bond acceptors (Lipinski definition) is 1. The van der Waals surface area contributed by atoms with Gasteiger partial charge in [0.15, 0.2) is 0 Å². The molecular weight excluding hydrogens is 218 g/mol. The van der Waals surface area contributed by atoms with Gasteiger partial charge in [-0.3, -0.25) is 0 Å². The summed E-state index contributed by atoms with van der Waals surface area (Å²) in [6.07, 6.45) is 2.29. The average molecular weight is 238 g/mol. The maximum Gasteiger partial charge on any atom is 0.0403 e. The number of hydrogen-bond donors (Lipinski definition) is 1. The molecule has 2 rings (SSSR count).